The second kappa shape index (κ2) is 6.38. The number of hydrogen-bond donors (Lipinski definition) is 1. The standard InChI is InChI=1S/C15H20N2O2S/c1-2-7-17-15(14-6-8-20(18,19)11-14)13-5-3-4-12(9-13)10-16/h3-5,9,14-15,17H,2,6-8,11H2,1H3. The van der Waals surface area contributed by atoms with E-state index in [0.717, 1.165) is 18.5 Å². The molecule has 0 aromatic heterocycles. The maximum absolute atomic E-state index is 11.7. The van der Waals surface area contributed by atoms with Gasteiger partial charge in [0, 0.05) is 6.04 Å². The zero-order valence-electron chi connectivity index (χ0n) is 11.7. The van der Waals surface area contributed by atoms with E-state index < -0.39 is 9.84 Å². The molecule has 0 saturated carbocycles. The summed E-state index contributed by atoms with van der Waals surface area (Å²) in [5.41, 5.74) is 1.63. The lowest BCUT2D eigenvalue weighted by molar-refractivity contribution is 0.392. The van der Waals surface area contributed by atoms with E-state index in [9.17, 15) is 8.42 Å². The summed E-state index contributed by atoms with van der Waals surface area (Å²) in [6.45, 7) is 2.93. The van der Waals surface area contributed by atoms with E-state index in [4.69, 9.17) is 5.26 Å². The fourth-order valence-corrected chi connectivity index (χ4v) is 4.58. The minimum atomic E-state index is -2.89. The second-order valence-electron chi connectivity index (χ2n) is 5.33. The molecule has 2 unspecified atom stereocenters. The SMILES string of the molecule is CCCNC(c1cccc(C#N)c1)C1CCS(=O)(=O)C1. The number of sulfone groups is 1. The molecule has 1 aromatic rings. The second-order valence-corrected chi connectivity index (χ2v) is 7.56. The van der Waals surface area contributed by atoms with E-state index in [1.165, 1.54) is 0 Å². The van der Waals surface area contributed by atoms with Crippen molar-refractivity contribution in [1.29, 1.82) is 5.26 Å². The van der Waals surface area contributed by atoms with Gasteiger partial charge in [0.1, 0.15) is 0 Å². The molecule has 0 bridgehead atoms. The van der Waals surface area contributed by atoms with Crippen molar-refractivity contribution in [3.05, 3.63) is 35.4 Å². The molecule has 108 valence electrons. The Balaban J connectivity index is 2.25. The molecule has 20 heavy (non-hydrogen) atoms. The molecule has 1 aliphatic heterocycles. The lowest BCUT2D eigenvalue weighted by atomic mass is 9.91. The van der Waals surface area contributed by atoms with E-state index in [2.05, 4.69) is 18.3 Å². The van der Waals surface area contributed by atoms with Crippen LogP contribution in [-0.4, -0.2) is 26.5 Å². The zero-order chi connectivity index (χ0) is 14.6. The Hall–Kier alpha value is -1.38. The first-order valence-electron chi connectivity index (χ1n) is 6.99. The lowest BCUT2D eigenvalue weighted by Gasteiger charge is -2.24. The number of nitrogens with zero attached hydrogens (tertiary/aromatic N) is 1. The van der Waals surface area contributed by atoms with E-state index in [-0.39, 0.29) is 23.5 Å². The number of rotatable bonds is 5. The van der Waals surface area contributed by atoms with Crippen LogP contribution in [0.3, 0.4) is 0 Å². The summed E-state index contributed by atoms with van der Waals surface area (Å²) in [5, 5.41) is 12.4. The molecule has 1 fully saturated rings. The van der Waals surface area contributed by atoms with Gasteiger partial charge in [-0.15, -0.1) is 0 Å². The fraction of sp³-hybridized carbons (Fsp3) is 0.533. The molecule has 0 amide bonds. The highest BCUT2D eigenvalue weighted by molar-refractivity contribution is 7.91. The van der Waals surface area contributed by atoms with E-state index in [1.54, 1.807) is 6.07 Å². The Kier molecular flexibility index (Phi) is 4.79. The van der Waals surface area contributed by atoms with Crippen LogP contribution in [0.25, 0.3) is 0 Å². The van der Waals surface area contributed by atoms with Gasteiger partial charge in [-0.25, -0.2) is 8.42 Å². The van der Waals surface area contributed by atoms with Crippen LogP contribution < -0.4 is 5.32 Å². The Morgan fingerprint density at radius 1 is 1.50 bits per heavy atom. The predicted molar refractivity (Wildman–Crippen MR) is 79.0 cm³/mol. The highest BCUT2D eigenvalue weighted by Gasteiger charge is 2.34. The maximum atomic E-state index is 11.7. The Morgan fingerprint density at radius 2 is 2.30 bits per heavy atom. The van der Waals surface area contributed by atoms with Crippen molar-refractivity contribution in [1.82, 2.24) is 5.32 Å². The quantitative estimate of drug-likeness (QED) is 0.901. The third kappa shape index (κ3) is 3.59. The Morgan fingerprint density at radius 3 is 2.90 bits per heavy atom. The van der Waals surface area contributed by atoms with Crippen LogP contribution in [0.5, 0.6) is 0 Å². The van der Waals surface area contributed by atoms with Crippen LogP contribution in [0.2, 0.25) is 0 Å². The van der Waals surface area contributed by atoms with Gasteiger partial charge >= 0.3 is 0 Å². The van der Waals surface area contributed by atoms with E-state index in [1.807, 2.05) is 18.2 Å². The molecule has 1 saturated heterocycles. The van der Waals surface area contributed by atoms with Crippen LogP contribution in [0.4, 0.5) is 0 Å². The van der Waals surface area contributed by atoms with Crippen molar-refractivity contribution in [2.45, 2.75) is 25.8 Å². The van der Waals surface area contributed by atoms with Gasteiger partial charge < -0.3 is 5.32 Å². The summed E-state index contributed by atoms with van der Waals surface area (Å²) < 4.78 is 23.4. The molecule has 2 rings (SSSR count). The van der Waals surface area contributed by atoms with Crippen molar-refractivity contribution in [2.75, 3.05) is 18.1 Å². The molecule has 0 aliphatic carbocycles. The van der Waals surface area contributed by atoms with Gasteiger partial charge in [-0.1, -0.05) is 19.1 Å². The first-order chi connectivity index (χ1) is 9.55. The van der Waals surface area contributed by atoms with E-state index >= 15 is 0 Å². The first kappa shape index (κ1) is 15.0. The molecule has 1 N–H and O–H groups in total. The number of hydrogen-bond acceptors (Lipinski definition) is 4. The normalized spacial score (nSPS) is 22.3. The van der Waals surface area contributed by atoms with Gasteiger partial charge in [0.25, 0.3) is 0 Å². The van der Waals surface area contributed by atoms with Gasteiger partial charge in [0.2, 0.25) is 0 Å². The predicted octanol–water partition coefficient (Wildman–Crippen LogP) is 2.03. The minimum Gasteiger partial charge on any atom is -0.310 e. The van der Waals surface area contributed by atoms with Crippen molar-refractivity contribution in [2.24, 2.45) is 5.92 Å². The highest BCUT2D eigenvalue weighted by atomic mass is 32.2. The lowest BCUT2D eigenvalue weighted by Crippen LogP contribution is -2.29. The van der Waals surface area contributed by atoms with Gasteiger partial charge in [-0.2, -0.15) is 5.26 Å². The summed E-state index contributed by atoms with van der Waals surface area (Å²) in [4.78, 5) is 0. The molecule has 4 nitrogen and oxygen atoms in total. The smallest absolute Gasteiger partial charge is 0.150 e. The number of nitrogens with one attached hydrogen (secondary N) is 1. The minimum absolute atomic E-state index is 0.0144. The molecule has 2 atom stereocenters. The van der Waals surface area contributed by atoms with Gasteiger partial charge in [-0.3, -0.25) is 0 Å². The molecule has 1 aromatic carbocycles. The first-order valence-corrected chi connectivity index (χ1v) is 8.81. The summed E-state index contributed by atoms with van der Waals surface area (Å²) in [6, 6.07) is 9.61. The van der Waals surface area contributed by atoms with Crippen molar-refractivity contribution in [3.8, 4) is 6.07 Å². The van der Waals surface area contributed by atoms with Crippen LogP contribution in [0.15, 0.2) is 24.3 Å². The van der Waals surface area contributed by atoms with Crippen LogP contribution >= 0.6 is 0 Å². The number of benzene rings is 1. The van der Waals surface area contributed by atoms with Gasteiger partial charge in [0.15, 0.2) is 9.84 Å². The zero-order valence-corrected chi connectivity index (χ0v) is 12.5. The highest BCUT2D eigenvalue weighted by Crippen LogP contribution is 2.31. The van der Waals surface area contributed by atoms with Crippen molar-refractivity contribution in [3.63, 3.8) is 0 Å². The number of nitriles is 1. The van der Waals surface area contributed by atoms with Crippen LogP contribution in [0.1, 0.15) is 36.9 Å². The van der Waals surface area contributed by atoms with E-state index in [0.29, 0.717) is 12.0 Å². The Labute approximate surface area is 120 Å². The van der Waals surface area contributed by atoms with Crippen LogP contribution in [0, 0.1) is 17.2 Å². The van der Waals surface area contributed by atoms with Gasteiger partial charge in [0.05, 0.1) is 23.1 Å². The monoisotopic (exact) mass is 292 g/mol. The van der Waals surface area contributed by atoms with Gasteiger partial charge in [-0.05, 0) is 43.0 Å². The summed E-state index contributed by atoms with van der Waals surface area (Å²) in [7, 11) is -2.89. The molecule has 0 spiro atoms. The average molecular weight is 292 g/mol. The molecule has 5 heteroatoms. The summed E-state index contributed by atoms with van der Waals surface area (Å²) in [6.07, 6.45) is 1.69. The summed E-state index contributed by atoms with van der Waals surface area (Å²) in [5.74, 6) is 0.617. The van der Waals surface area contributed by atoms with Crippen molar-refractivity contribution < 1.29 is 8.42 Å². The third-order valence-corrected chi connectivity index (χ3v) is 5.52. The largest absolute Gasteiger partial charge is 0.310 e. The Bertz CT molecular complexity index is 605. The average Bonchev–Trinajstić information content (AvgIpc) is 2.80. The maximum Gasteiger partial charge on any atom is 0.150 e. The molecule has 1 heterocycles. The topological polar surface area (TPSA) is 70.0 Å². The van der Waals surface area contributed by atoms with Crippen molar-refractivity contribution >= 4 is 9.84 Å². The van der Waals surface area contributed by atoms with Crippen LogP contribution in [-0.2, 0) is 9.84 Å². The molecule has 0 radical (unpaired) electrons. The fourth-order valence-electron chi connectivity index (χ4n) is 2.74. The third-order valence-electron chi connectivity index (χ3n) is 3.73. The summed E-state index contributed by atoms with van der Waals surface area (Å²) >= 11 is 0. The molecule has 1 aliphatic rings. The molecular formula is C15H20N2O2S. The molecular weight excluding hydrogens is 272 g/mol.